The number of para-hydroxylation sites is 1. The predicted octanol–water partition coefficient (Wildman–Crippen LogP) is 1.49. The van der Waals surface area contributed by atoms with E-state index in [1.54, 1.807) is 0 Å². The van der Waals surface area contributed by atoms with Gasteiger partial charge in [0.25, 0.3) is 0 Å². The third-order valence-corrected chi connectivity index (χ3v) is 2.76. The first-order chi connectivity index (χ1) is 7.18. The summed E-state index contributed by atoms with van der Waals surface area (Å²) in [5.74, 6) is 0. The van der Waals surface area contributed by atoms with Crippen molar-refractivity contribution < 1.29 is 4.79 Å². The molecule has 4 heteroatoms. The van der Waals surface area contributed by atoms with Crippen LogP contribution in [0.2, 0.25) is 0 Å². The van der Waals surface area contributed by atoms with Crippen molar-refractivity contribution in [1.29, 1.82) is 0 Å². The van der Waals surface area contributed by atoms with Crippen LogP contribution in [0, 0.1) is 0 Å². The summed E-state index contributed by atoms with van der Waals surface area (Å²) in [6, 6.07) is 7.40. The Morgan fingerprint density at radius 2 is 2.20 bits per heavy atom. The van der Waals surface area contributed by atoms with E-state index >= 15 is 0 Å². The van der Waals surface area contributed by atoms with Gasteiger partial charge in [0.15, 0.2) is 0 Å². The number of benzene rings is 1. The van der Waals surface area contributed by atoms with Gasteiger partial charge in [-0.15, -0.1) is 12.6 Å². The van der Waals surface area contributed by atoms with Gasteiger partial charge in [-0.1, -0.05) is 18.2 Å². The molecule has 0 aliphatic carbocycles. The number of rotatable bonds is 3. The van der Waals surface area contributed by atoms with Gasteiger partial charge in [0.2, 0.25) is 5.12 Å². The van der Waals surface area contributed by atoms with Gasteiger partial charge in [-0.05, 0) is 18.1 Å². The van der Waals surface area contributed by atoms with Crippen LogP contribution in [0.15, 0.2) is 30.5 Å². The molecule has 15 heavy (non-hydrogen) atoms. The van der Waals surface area contributed by atoms with Crippen LogP contribution in [-0.4, -0.2) is 16.1 Å². The summed E-state index contributed by atoms with van der Waals surface area (Å²) < 4.78 is 0. The Bertz CT molecular complexity index is 492. The molecule has 0 saturated heterocycles. The Kier molecular flexibility index (Phi) is 2.79. The molecule has 1 aromatic heterocycles. The van der Waals surface area contributed by atoms with Crippen LogP contribution < -0.4 is 5.73 Å². The van der Waals surface area contributed by atoms with Crippen molar-refractivity contribution in [3.05, 3.63) is 36.0 Å². The van der Waals surface area contributed by atoms with E-state index < -0.39 is 6.04 Å². The number of aromatic amines is 1. The molecule has 78 valence electrons. The third-order valence-electron chi connectivity index (χ3n) is 2.43. The molecule has 0 aliphatic heterocycles. The van der Waals surface area contributed by atoms with E-state index in [4.69, 9.17) is 5.73 Å². The molecule has 1 heterocycles. The molecule has 1 aromatic carbocycles. The van der Waals surface area contributed by atoms with E-state index in [1.807, 2.05) is 30.5 Å². The number of thiol groups is 1. The fourth-order valence-corrected chi connectivity index (χ4v) is 1.72. The van der Waals surface area contributed by atoms with Gasteiger partial charge in [0, 0.05) is 17.1 Å². The molecule has 0 aliphatic rings. The fourth-order valence-electron chi connectivity index (χ4n) is 1.62. The lowest BCUT2D eigenvalue weighted by molar-refractivity contribution is -0.111. The van der Waals surface area contributed by atoms with Crippen LogP contribution >= 0.6 is 12.6 Å². The smallest absolute Gasteiger partial charge is 0.202 e. The van der Waals surface area contributed by atoms with Crippen molar-refractivity contribution >= 4 is 28.6 Å². The largest absolute Gasteiger partial charge is 0.361 e. The van der Waals surface area contributed by atoms with Gasteiger partial charge in [0.05, 0.1) is 6.04 Å². The van der Waals surface area contributed by atoms with Crippen molar-refractivity contribution in [2.75, 3.05) is 0 Å². The second-order valence-corrected chi connectivity index (χ2v) is 3.95. The maximum absolute atomic E-state index is 10.9. The van der Waals surface area contributed by atoms with Gasteiger partial charge in [-0.3, -0.25) is 4.79 Å². The number of aromatic nitrogens is 1. The standard InChI is InChI=1S/C11H12N2OS/c12-9(11(14)15)5-7-6-13-10-4-2-1-3-8(7)10/h1-4,6,9,13H,5,12H2,(H,14,15)/t9-/m0/s1. The number of hydrogen-bond donors (Lipinski definition) is 3. The zero-order valence-electron chi connectivity index (χ0n) is 8.10. The second-order valence-electron chi connectivity index (χ2n) is 3.51. The highest BCUT2D eigenvalue weighted by molar-refractivity contribution is 7.96. The molecule has 0 spiro atoms. The number of nitrogens with two attached hydrogens (primary N) is 1. The summed E-state index contributed by atoms with van der Waals surface area (Å²) in [5, 5.41) is 0.836. The van der Waals surface area contributed by atoms with Gasteiger partial charge in [-0.25, -0.2) is 0 Å². The molecule has 0 fully saturated rings. The summed E-state index contributed by atoms with van der Waals surface area (Å²) in [6.45, 7) is 0. The van der Waals surface area contributed by atoms with E-state index in [9.17, 15) is 4.79 Å². The topological polar surface area (TPSA) is 58.9 Å². The Hall–Kier alpha value is -1.26. The van der Waals surface area contributed by atoms with Crippen LogP contribution in [0.3, 0.4) is 0 Å². The summed E-state index contributed by atoms with van der Waals surface area (Å²) in [6.07, 6.45) is 2.41. The van der Waals surface area contributed by atoms with Gasteiger partial charge in [-0.2, -0.15) is 0 Å². The van der Waals surface area contributed by atoms with Gasteiger partial charge < -0.3 is 10.7 Å². The number of carbonyl (C=O) groups is 1. The first-order valence-corrected chi connectivity index (χ1v) is 5.16. The number of hydrogen-bond acceptors (Lipinski definition) is 2. The predicted molar refractivity (Wildman–Crippen MR) is 64.0 cm³/mol. The van der Waals surface area contributed by atoms with Gasteiger partial charge >= 0.3 is 0 Å². The Morgan fingerprint density at radius 1 is 1.47 bits per heavy atom. The first kappa shape index (κ1) is 10.3. The van der Waals surface area contributed by atoms with E-state index in [1.165, 1.54) is 0 Å². The first-order valence-electron chi connectivity index (χ1n) is 4.72. The van der Waals surface area contributed by atoms with Crippen molar-refractivity contribution in [2.45, 2.75) is 12.5 Å². The molecular formula is C11H12N2OS. The molecule has 0 saturated carbocycles. The number of H-pyrrole nitrogens is 1. The number of carbonyl (C=O) groups excluding carboxylic acids is 1. The summed E-state index contributed by atoms with van der Waals surface area (Å²) in [4.78, 5) is 14.1. The SMILES string of the molecule is N[C@@H](Cc1c[nH]c2ccccc12)C(=O)S. The van der Waals surface area contributed by atoms with Crippen LogP contribution in [-0.2, 0) is 11.2 Å². The number of nitrogens with one attached hydrogen (secondary N) is 1. The van der Waals surface area contributed by atoms with Crippen LogP contribution in [0.25, 0.3) is 10.9 Å². The zero-order valence-corrected chi connectivity index (χ0v) is 9.00. The molecule has 0 amide bonds. The molecule has 0 bridgehead atoms. The summed E-state index contributed by atoms with van der Waals surface area (Å²) >= 11 is 3.72. The lowest BCUT2D eigenvalue weighted by Crippen LogP contribution is -2.29. The summed E-state index contributed by atoms with van der Waals surface area (Å²) in [7, 11) is 0. The fraction of sp³-hybridized carbons (Fsp3) is 0.182. The Balaban J connectivity index is 2.32. The minimum absolute atomic E-state index is 0.278. The van der Waals surface area contributed by atoms with Crippen LogP contribution in [0.1, 0.15) is 5.56 Å². The van der Waals surface area contributed by atoms with Crippen LogP contribution in [0.4, 0.5) is 0 Å². The van der Waals surface area contributed by atoms with Crippen molar-refractivity contribution in [2.24, 2.45) is 5.73 Å². The molecule has 0 radical (unpaired) electrons. The molecule has 1 atom stereocenters. The van der Waals surface area contributed by atoms with E-state index in [-0.39, 0.29) is 5.12 Å². The molecule has 0 unspecified atom stereocenters. The second kappa shape index (κ2) is 4.08. The minimum Gasteiger partial charge on any atom is -0.361 e. The quantitative estimate of drug-likeness (QED) is 0.686. The highest BCUT2D eigenvalue weighted by Gasteiger charge is 2.12. The maximum Gasteiger partial charge on any atom is 0.202 e. The van der Waals surface area contributed by atoms with Crippen molar-refractivity contribution in [3.8, 4) is 0 Å². The van der Waals surface area contributed by atoms with E-state index in [0.717, 1.165) is 16.5 Å². The van der Waals surface area contributed by atoms with E-state index in [2.05, 4.69) is 17.6 Å². The lowest BCUT2D eigenvalue weighted by Gasteiger charge is -2.05. The highest BCUT2D eigenvalue weighted by atomic mass is 32.1. The molecule has 3 nitrogen and oxygen atoms in total. The van der Waals surface area contributed by atoms with Crippen molar-refractivity contribution in [3.63, 3.8) is 0 Å². The lowest BCUT2D eigenvalue weighted by atomic mass is 10.1. The van der Waals surface area contributed by atoms with E-state index in [0.29, 0.717) is 6.42 Å². The van der Waals surface area contributed by atoms with Gasteiger partial charge in [0.1, 0.15) is 0 Å². The minimum atomic E-state index is -0.535. The molecular weight excluding hydrogens is 208 g/mol. The summed E-state index contributed by atoms with van der Waals surface area (Å²) in [5.41, 5.74) is 7.78. The average Bonchev–Trinajstić information content (AvgIpc) is 2.62. The monoisotopic (exact) mass is 220 g/mol. The zero-order chi connectivity index (χ0) is 10.8. The Labute approximate surface area is 93.1 Å². The average molecular weight is 220 g/mol. The maximum atomic E-state index is 10.9. The molecule has 2 aromatic rings. The van der Waals surface area contributed by atoms with Crippen LogP contribution in [0.5, 0.6) is 0 Å². The van der Waals surface area contributed by atoms with Crippen molar-refractivity contribution in [1.82, 2.24) is 4.98 Å². The Morgan fingerprint density at radius 3 is 2.93 bits per heavy atom. The normalized spacial score (nSPS) is 12.9. The number of fused-ring (bicyclic) bond motifs is 1. The highest BCUT2D eigenvalue weighted by Crippen LogP contribution is 2.18. The molecule has 3 N–H and O–H groups in total. The molecule has 2 rings (SSSR count). The third kappa shape index (κ3) is 2.06.